The summed E-state index contributed by atoms with van der Waals surface area (Å²) in [6.45, 7) is 8.57. The van der Waals surface area contributed by atoms with Gasteiger partial charge < -0.3 is 25.2 Å². The summed E-state index contributed by atoms with van der Waals surface area (Å²) < 4.78 is 5.38. The van der Waals surface area contributed by atoms with Gasteiger partial charge >= 0.3 is 0 Å². The number of hydrogen-bond donors (Lipinski definition) is 2. The number of anilines is 2. The molecule has 2 aromatic carbocycles. The third kappa shape index (κ3) is 6.57. The van der Waals surface area contributed by atoms with Gasteiger partial charge in [0.1, 0.15) is 6.04 Å². The molecule has 182 valence electrons. The molecule has 8 nitrogen and oxygen atoms in total. The topological polar surface area (TPSA) is 91.0 Å². The van der Waals surface area contributed by atoms with Crippen LogP contribution in [0, 0.1) is 12.8 Å². The lowest BCUT2D eigenvalue weighted by Crippen LogP contribution is -2.51. The SMILES string of the molecule is Cc1ccccc1C(=O)NC(C(=O)N(C)CC(=O)Nc1ccc(N2CCOCC2)cc1)C(C)C. The van der Waals surface area contributed by atoms with Crippen LogP contribution in [0.5, 0.6) is 0 Å². The van der Waals surface area contributed by atoms with Gasteiger partial charge in [-0.05, 0) is 48.7 Å². The van der Waals surface area contributed by atoms with Crippen LogP contribution in [-0.4, -0.2) is 68.6 Å². The average molecular weight is 467 g/mol. The van der Waals surface area contributed by atoms with E-state index in [0.29, 0.717) is 24.5 Å². The van der Waals surface area contributed by atoms with Crippen LogP contribution in [0.15, 0.2) is 48.5 Å². The highest BCUT2D eigenvalue weighted by atomic mass is 16.5. The van der Waals surface area contributed by atoms with E-state index in [0.717, 1.165) is 24.3 Å². The van der Waals surface area contributed by atoms with Gasteiger partial charge in [-0.3, -0.25) is 14.4 Å². The lowest BCUT2D eigenvalue weighted by Gasteiger charge is -2.29. The molecular formula is C26H34N4O4. The van der Waals surface area contributed by atoms with Crippen molar-refractivity contribution in [3.63, 3.8) is 0 Å². The van der Waals surface area contributed by atoms with Crippen LogP contribution < -0.4 is 15.5 Å². The van der Waals surface area contributed by atoms with E-state index in [1.807, 2.05) is 57.2 Å². The minimum atomic E-state index is -0.738. The number of aryl methyl sites for hydroxylation is 1. The van der Waals surface area contributed by atoms with E-state index in [2.05, 4.69) is 15.5 Å². The molecule has 1 fully saturated rings. The molecule has 2 N–H and O–H groups in total. The summed E-state index contributed by atoms with van der Waals surface area (Å²) in [6, 6.07) is 14.1. The molecule has 1 heterocycles. The Morgan fingerprint density at radius 1 is 1.03 bits per heavy atom. The Kier molecular flexibility index (Phi) is 8.65. The van der Waals surface area contributed by atoms with Crippen molar-refractivity contribution in [1.82, 2.24) is 10.2 Å². The van der Waals surface area contributed by atoms with Crippen LogP contribution in [0.4, 0.5) is 11.4 Å². The van der Waals surface area contributed by atoms with E-state index in [4.69, 9.17) is 4.74 Å². The summed E-state index contributed by atoms with van der Waals surface area (Å²) in [4.78, 5) is 42.0. The molecule has 0 saturated carbocycles. The van der Waals surface area contributed by atoms with E-state index in [1.54, 1.807) is 19.2 Å². The molecule has 3 rings (SSSR count). The highest BCUT2D eigenvalue weighted by Gasteiger charge is 2.28. The molecule has 1 saturated heterocycles. The van der Waals surface area contributed by atoms with E-state index in [9.17, 15) is 14.4 Å². The summed E-state index contributed by atoms with van der Waals surface area (Å²) in [5.74, 6) is -1.06. The number of amides is 3. The first kappa shape index (κ1) is 25.2. The number of benzene rings is 2. The minimum absolute atomic E-state index is 0.118. The number of hydrogen-bond acceptors (Lipinski definition) is 5. The van der Waals surface area contributed by atoms with Crippen molar-refractivity contribution in [1.29, 1.82) is 0 Å². The van der Waals surface area contributed by atoms with Crippen LogP contribution in [0.2, 0.25) is 0 Å². The molecular weight excluding hydrogens is 432 g/mol. The normalized spacial score (nSPS) is 14.4. The molecule has 0 spiro atoms. The van der Waals surface area contributed by atoms with Gasteiger partial charge in [-0.1, -0.05) is 32.0 Å². The predicted octanol–water partition coefficient (Wildman–Crippen LogP) is 2.68. The van der Waals surface area contributed by atoms with Crippen LogP contribution in [0.3, 0.4) is 0 Å². The molecule has 0 aliphatic carbocycles. The number of carbonyl (C=O) groups is 3. The molecule has 8 heteroatoms. The predicted molar refractivity (Wildman–Crippen MR) is 133 cm³/mol. The van der Waals surface area contributed by atoms with Gasteiger partial charge in [-0.15, -0.1) is 0 Å². The molecule has 0 bridgehead atoms. The number of carbonyl (C=O) groups excluding carboxylic acids is 3. The number of nitrogens with zero attached hydrogens (tertiary/aromatic N) is 2. The van der Waals surface area contributed by atoms with E-state index < -0.39 is 6.04 Å². The Labute approximate surface area is 201 Å². The fourth-order valence-electron chi connectivity index (χ4n) is 3.87. The van der Waals surface area contributed by atoms with Gasteiger partial charge in [-0.2, -0.15) is 0 Å². The quantitative estimate of drug-likeness (QED) is 0.624. The third-order valence-electron chi connectivity index (χ3n) is 5.89. The smallest absolute Gasteiger partial charge is 0.252 e. The Bertz CT molecular complexity index is 1000. The van der Waals surface area contributed by atoms with E-state index in [1.165, 1.54) is 4.90 Å². The van der Waals surface area contributed by atoms with Crippen molar-refractivity contribution in [2.45, 2.75) is 26.8 Å². The second kappa shape index (κ2) is 11.7. The Morgan fingerprint density at radius 3 is 2.29 bits per heavy atom. The fourth-order valence-corrected chi connectivity index (χ4v) is 3.87. The van der Waals surface area contributed by atoms with Crippen LogP contribution in [-0.2, 0) is 14.3 Å². The van der Waals surface area contributed by atoms with Gasteiger partial charge in [0.05, 0.1) is 19.8 Å². The lowest BCUT2D eigenvalue weighted by atomic mass is 10.0. The standard InChI is InChI=1S/C26H34N4O4/c1-18(2)24(28-25(32)22-8-6-5-7-19(22)3)26(33)29(4)17-23(31)27-20-9-11-21(12-10-20)30-13-15-34-16-14-30/h5-12,18,24H,13-17H2,1-4H3,(H,27,31)(H,28,32). The van der Waals surface area contributed by atoms with Crippen molar-refractivity contribution in [3.05, 3.63) is 59.7 Å². The first-order valence-electron chi connectivity index (χ1n) is 11.6. The molecule has 34 heavy (non-hydrogen) atoms. The summed E-state index contributed by atoms with van der Waals surface area (Å²) in [6.07, 6.45) is 0. The van der Waals surface area contributed by atoms with Crippen molar-refractivity contribution >= 4 is 29.1 Å². The largest absolute Gasteiger partial charge is 0.378 e. The molecule has 2 aromatic rings. The third-order valence-corrected chi connectivity index (χ3v) is 5.89. The van der Waals surface area contributed by atoms with Crippen LogP contribution in [0.25, 0.3) is 0 Å². The van der Waals surface area contributed by atoms with Gasteiger partial charge in [0.2, 0.25) is 11.8 Å². The molecule has 1 atom stereocenters. The molecule has 1 unspecified atom stereocenters. The van der Waals surface area contributed by atoms with Crippen LogP contribution in [0.1, 0.15) is 29.8 Å². The second-order valence-electron chi connectivity index (χ2n) is 8.90. The number of nitrogens with one attached hydrogen (secondary N) is 2. The summed E-state index contributed by atoms with van der Waals surface area (Å²) in [7, 11) is 1.57. The minimum Gasteiger partial charge on any atom is -0.378 e. The average Bonchev–Trinajstić information content (AvgIpc) is 2.83. The van der Waals surface area contributed by atoms with Crippen molar-refractivity contribution < 1.29 is 19.1 Å². The fraction of sp³-hybridized carbons (Fsp3) is 0.423. The van der Waals surface area contributed by atoms with Gasteiger partial charge in [0, 0.05) is 37.1 Å². The van der Waals surface area contributed by atoms with Gasteiger partial charge in [0.25, 0.3) is 5.91 Å². The maximum atomic E-state index is 13.1. The van der Waals surface area contributed by atoms with Gasteiger partial charge in [0.15, 0.2) is 0 Å². The summed E-state index contributed by atoms with van der Waals surface area (Å²) in [5, 5.41) is 5.68. The number of ether oxygens (including phenoxy) is 1. The molecule has 3 amide bonds. The number of rotatable bonds is 8. The molecule has 0 radical (unpaired) electrons. The Hall–Kier alpha value is -3.39. The highest BCUT2D eigenvalue weighted by molar-refractivity contribution is 6.00. The van der Waals surface area contributed by atoms with Crippen molar-refractivity contribution in [2.75, 3.05) is 50.1 Å². The van der Waals surface area contributed by atoms with E-state index >= 15 is 0 Å². The highest BCUT2D eigenvalue weighted by Crippen LogP contribution is 2.19. The monoisotopic (exact) mass is 466 g/mol. The van der Waals surface area contributed by atoms with Gasteiger partial charge in [-0.25, -0.2) is 0 Å². The Morgan fingerprint density at radius 2 is 1.68 bits per heavy atom. The Balaban J connectivity index is 1.56. The second-order valence-corrected chi connectivity index (χ2v) is 8.90. The van der Waals surface area contributed by atoms with Crippen molar-refractivity contribution in [3.8, 4) is 0 Å². The number of morpholine rings is 1. The van der Waals surface area contributed by atoms with Crippen molar-refractivity contribution in [2.24, 2.45) is 5.92 Å². The zero-order valence-corrected chi connectivity index (χ0v) is 20.3. The first-order valence-corrected chi connectivity index (χ1v) is 11.6. The maximum Gasteiger partial charge on any atom is 0.252 e. The van der Waals surface area contributed by atoms with E-state index in [-0.39, 0.29) is 30.2 Å². The molecule has 1 aliphatic heterocycles. The zero-order valence-electron chi connectivity index (χ0n) is 20.3. The first-order chi connectivity index (χ1) is 16.3. The maximum absolute atomic E-state index is 13.1. The van der Waals surface area contributed by atoms with Crippen LogP contribution >= 0.6 is 0 Å². The summed E-state index contributed by atoms with van der Waals surface area (Å²) in [5.41, 5.74) is 3.11. The number of likely N-dealkylation sites (N-methyl/N-ethyl adjacent to an activating group) is 1. The zero-order chi connectivity index (χ0) is 24.7. The summed E-state index contributed by atoms with van der Waals surface area (Å²) >= 11 is 0. The lowest BCUT2D eigenvalue weighted by molar-refractivity contribution is -0.135. The molecule has 0 aromatic heterocycles. The molecule has 1 aliphatic rings.